The minimum Gasteiger partial charge on any atom is -0.341 e. The van der Waals surface area contributed by atoms with E-state index in [9.17, 15) is 22.8 Å². The normalized spacial score (nSPS) is 24.8. The maximum Gasteiger partial charge on any atom is 0.417 e. The van der Waals surface area contributed by atoms with Gasteiger partial charge in [-0.15, -0.1) is 0 Å². The maximum absolute atomic E-state index is 12.8. The Morgan fingerprint density at radius 1 is 1.27 bits per heavy atom. The summed E-state index contributed by atoms with van der Waals surface area (Å²) in [7, 11) is 1.68. The summed E-state index contributed by atoms with van der Waals surface area (Å²) in [4.78, 5) is 29.6. The third-order valence-electron chi connectivity index (χ3n) is 4.96. The van der Waals surface area contributed by atoms with Gasteiger partial charge in [-0.1, -0.05) is 17.7 Å². The standard InChI is InChI=1S/C17H19ClF3N3O2/c1-10-16(26)22(2)9-14-23(6-5-15(25)24(10)14)8-11-3-4-12(13(18)7-11)17(19,20)21/h3-4,7,10,14H,5-6,8-9H2,1-2H3. The summed E-state index contributed by atoms with van der Waals surface area (Å²) in [6, 6.07) is 3.14. The summed E-state index contributed by atoms with van der Waals surface area (Å²) in [5.41, 5.74) is -0.237. The average Bonchev–Trinajstić information content (AvgIpc) is 2.54. The zero-order chi connectivity index (χ0) is 19.2. The zero-order valence-electron chi connectivity index (χ0n) is 14.4. The number of hydrogen-bond acceptors (Lipinski definition) is 3. The van der Waals surface area contributed by atoms with Crippen molar-refractivity contribution in [3.8, 4) is 0 Å². The van der Waals surface area contributed by atoms with Crippen LogP contribution in [-0.2, 0) is 22.3 Å². The fourth-order valence-electron chi connectivity index (χ4n) is 3.62. The van der Waals surface area contributed by atoms with E-state index in [-0.39, 0.29) is 29.4 Å². The first-order valence-electron chi connectivity index (χ1n) is 8.25. The van der Waals surface area contributed by atoms with Crippen LogP contribution in [0.5, 0.6) is 0 Å². The zero-order valence-corrected chi connectivity index (χ0v) is 15.1. The first-order chi connectivity index (χ1) is 12.1. The molecule has 0 bridgehead atoms. The summed E-state index contributed by atoms with van der Waals surface area (Å²) >= 11 is 5.80. The van der Waals surface area contributed by atoms with Gasteiger partial charge in [-0.25, -0.2) is 0 Å². The maximum atomic E-state index is 12.8. The molecule has 0 aliphatic carbocycles. The van der Waals surface area contributed by atoms with Gasteiger partial charge in [0, 0.05) is 26.6 Å². The van der Waals surface area contributed by atoms with Crippen LogP contribution in [0, 0.1) is 0 Å². The minimum atomic E-state index is -4.49. The number of carbonyl (C=O) groups is 2. The molecular weight excluding hydrogens is 371 g/mol. The van der Waals surface area contributed by atoms with Crippen molar-refractivity contribution >= 4 is 23.4 Å². The molecule has 0 spiro atoms. The van der Waals surface area contributed by atoms with Crippen molar-refractivity contribution in [2.24, 2.45) is 0 Å². The number of alkyl halides is 3. The first kappa shape index (κ1) is 19.0. The van der Waals surface area contributed by atoms with Gasteiger partial charge in [-0.2, -0.15) is 13.2 Å². The van der Waals surface area contributed by atoms with Crippen molar-refractivity contribution < 1.29 is 22.8 Å². The monoisotopic (exact) mass is 389 g/mol. The number of carbonyl (C=O) groups excluding carboxylic acids is 2. The van der Waals surface area contributed by atoms with Gasteiger partial charge < -0.3 is 9.80 Å². The fourth-order valence-corrected chi connectivity index (χ4v) is 3.93. The summed E-state index contributed by atoms with van der Waals surface area (Å²) in [6.07, 6.45) is -4.52. The van der Waals surface area contributed by atoms with E-state index in [1.165, 1.54) is 12.1 Å². The molecule has 0 radical (unpaired) electrons. The molecule has 26 heavy (non-hydrogen) atoms. The van der Waals surface area contributed by atoms with Crippen LogP contribution in [0.3, 0.4) is 0 Å². The molecule has 142 valence electrons. The Morgan fingerprint density at radius 3 is 2.58 bits per heavy atom. The number of benzene rings is 1. The summed E-state index contributed by atoms with van der Waals surface area (Å²) in [5, 5.41) is -0.343. The van der Waals surface area contributed by atoms with E-state index in [4.69, 9.17) is 11.6 Å². The molecule has 2 aliphatic rings. The first-order valence-corrected chi connectivity index (χ1v) is 8.63. The number of hydrogen-bond donors (Lipinski definition) is 0. The SMILES string of the molecule is CC1C(=O)N(C)CC2N(Cc3ccc(C(F)(F)F)c(Cl)c3)CCC(=O)N12. The number of likely N-dealkylation sites (N-methyl/N-ethyl adjacent to an activating group) is 1. The Morgan fingerprint density at radius 2 is 1.96 bits per heavy atom. The molecule has 0 N–H and O–H groups in total. The molecular formula is C17H19ClF3N3O2. The average molecular weight is 390 g/mol. The van der Waals surface area contributed by atoms with E-state index in [0.717, 1.165) is 6.07 Å². The summed E-state index contributed by atoms with van der Waals surface area (Å²) < 4.78 is 38.5. The van der Waals surface area contributed by atoms with E-state index >= 15 is 0 Å². The van der Waals surface area contributed by atoms with Gasteiger partial charge >= 0.3 is 6.18 Å². The van der Waals surface area contributed by atoms with Gasteiger partial charge in [0.1, 0.15) is 12.2 Å². The Bertz CT molecular complexity index is 740. The minimum absolute atomic E-state index is 0.0781. The van der Waals surface area contributed by atoms with Gasteiger partial charge in [0.15, 0.2) is 0 Å². The molecule has 0 aromatic heterocycles. The van der Waals surface area contributed by atoms with E-state index in [1.807, 2.05) is 4.90 Å². The highest BCUT2D eigenvalue weighted by atomic mass is 35.5. The topological polar surface area (TPSA) is 43.9 Å². The predicted octanol–water partition coefficient (Wildman–Crippen LogP) is 2.58. The number of halogens is 4. The van der Waals surface area contributed by atoms with E-state index in [0.29, 0.717) is 25.2 Å². The lowest BCUT2D eigenvalue weighted by atomic mass is 10.0. The van der Waals surface area contributed by atoms with Crippen molar-refractivity contribution in [3.05, 3.63) is 34.3 Å². The van der Waals surface area contributed by atoms with Crippen molar-refractivity contribution in [2.75, 3.05) is 20.1 Å². The van der Waals surface area contributed by atoms with E-state index in [2.05, 4.69) is 0 Å². The Hall–Kier alpha value is -1.80. The molecule has 2 heterocycles. The van der Waals surface area contributed by atoms with Crippen LogP contribution in [0.1, 0.15) is 24.5 Å². The van der Waals surface area contributed by atoms with Crippen LogP contribution in [-0.4, -0.2) is 58.9 Å². The van der Waals surface area contributed by atoms with Crippen LogP contribution in [0.25, 0.3) is 0 Å². The predicted molar refractivity (Wildman–Crippen MR) is 89.2 cm³/mol. The molecule has 1 aromatic rings. The lowest BCUT2D eigenvalue weighted by Gasteiger charge is -2.51. The van der Waals surface area contributed by atoms with E-state index < -0.39 is 17.8 Å². The Labute approximate surface area is 154 Å². The van der Waals surface area contributed by atoms with Gasteiger partial charge in [0.05, 0.1) is 17.1 Å². The fraction of sp³-hybridized carbons (Fsp3) is 0.529. The third-order valence-corrected chi connectivity index (χ3v) is 5.27. The highest BCUT2D eigenvalue weighted by Gasteiger charge is 2.44. The van der Waals surface area contributed by atoms with Crippen LogP contribution in [0.4, 0.5) is 13.2 Å². The Balaban J connectivity index is 1.82. The molecule has 0 saturated carbocycles. The lowest BCUT2D eigenvalue weighted by molar-refractivity contribution is -0.167. The van der Waals surface area contributed by atoms with Crippen molar-refractivity contribution in [1.82, 2.24) is 14.7 Å². The number of piperazine rings is 1. The number of rotatable bonds is 2. The highest BCUT2D eigenvalue weighted by molar-refractivity contribution is 6.31. The smallest absolute Gasteiger partial charge is 0.341 e. The molecule has 2 fully saturated rings. The molecule has 1 aromatic carbocycles. The van der Waals surface area contributed by atoms with Gasteiger partial charge in [0.25, 0.3) is 0 Å². The molecule has 9 heteroatoms. The molecule has 2 saturated heterocycles. The molecule has 2 aliphatic heterocycles. The quantitative estimate of drug-likeness (QED) is 0.781. The van der Waals surface area contributed by atoms with Gasteiger partial charge in [-0.05, 0) is 24.6 Å². The van der Waals surface area contributed by atoms with Crippen LogP contribution < -0.4 is 0 Å². The largest absolute Gasteiger partial charge is 0.417 e. The molecule has 5 nitrogen and oxygen atoms in total. The highest BCUT2D eigenvalue weighted by Crippen LogP contribution is 2.35. The number of nitrogens with zero attached hydrogens (tertiary/aromatic N) is 3. The Kier molecular flexibility index (Phi) is 4.92. The number of fused-ring (bicyclic) bond motifs is 1. The van der Waals surface area contributed by atoms with Crippen LogP contribution in [0.2, 0.25) is 5.02 Å². The van der Waals surface area contributed by atoms with Crippen LogP contribution in [0.15, 0.2) is 18.2 Å². The molecule has 2 atom stereocenters. The molecule has 2 unspecified atom stereocenters. The van der Waals surface area contributed by atoms with Gasteiger partial charge in [0.2, 0.25) is 11.8 Å². The van der Waals surface area contributed by atoms with Crippen LogP contribution >= 0.6 is 11.6 Å². The van der Waals surface area contributed by atoms with Crippen molar-refractivity contribution in [3.63, 3.8) is 0 Å². The van der Waals surface area contributed by atoms with Crippen molar-refractivity contribution in [1.29, 1.82) is 0 Å². The lowest BCUT2D eigenvalue weighted by Crippen LogP contribution is -2.69. The molecule has 3 rings (SSSR count). The second kappa shape index (κ2) is 6.74. The third kappa shape index (κ3) is 3.40. The molecule has 2 amide bonds. The van der Waals surface area contributed by atoms with Gasteiger partial charge in [-0.3, -0.25) is 14.5 Å². The summed E-state index contributed by atoms with van der Waals surface area (Å²) in [6.45, 7) is 2.89. The number of amides is 2. The van der Waals surface area contributed by atoms with Crippen molar-refractivity contribution in [2.45, 2.75) is 38.3 Å². The second-order valence-corrected chi connectivity index (χ2v) is 7.12. The van der Waals surface area contributed by atoms with E-state index in [1.54, 1.807) is 23.8 Å². The second-order valence-electron chi connectivity index (χ2n) is 6.71. The summed E-state index contributed by atoms with van der Waals surface area (Å²) in [5.74, 6) is -0.195.